The number of carboxylic acid groups (broad SMARTS) is 1. The first-order chi connectivity index (χ1) is 17.1. The van der Waals surface area contributed by atoms with Crippen LogP contribution >= 0.6 is 0 Å². The van der Waals surface area contributed by atoms with E-state index in [4.69, 9.17) is 10.2 Å². The highest BCUT2D eigenvalue weighted by Gasteiger charge is 2.19. The lowest BCUT2D eigenvalue weighted by atomic mass is 10.0. The zero-order valence-corrected chi connectivity index (χ0v) is 18.7. The van der Waals surface area contributed by atoms with Gasteiger partial charge in [0.1, 0.15) is 6.54 Å². The van der Waals surface area contributed by atoms with Crippen molar-refractivity contribution in [1.82, 2.24) is 14.3 Å². The number of benzene rings is 4. The summed E-state index contributed by atoms with van der Waals surface area (Å²) in [5, 5.41) is 16.7. The molecule has 0 saturated heterocycles. The van der Waals surface area contributed by atoms with Gasteiger partial charge in [-0.1, -0.05) is 78.9 Å². The summed E-state index contributed by atoms with van der Waals surface area (Å²) < 4.78 is 3.03. The quantitative estimate of drug-likeness (QED) is 0.361. The average molecular weight is 463 g/mol. The van der Waals surface area contributed by atoms with Gasteiger partial charge in [0.05, 0.1) is 11.4 Å². The molecule has 2 N–H and O–H groups in total. The molecule has 0 aliphatic rings. The second-order valence-corrected chi connectivity index (χ2v) is 7.90. The standard InChI is InChI=1S/C28H22N4O3/c33-26(34)19-29-22-13-9-12-21(18-22)24-16-7-8-17-25(24)32-28(35)31(23-14-5-2-6-15-23)27(30-32)20-10-3-1-4-11-20/h1-18,29H,19H2,(H,33,34). The molecule has 0 unspecified atom stereocenters. The van der Waals surface area contributed by atoms with Crippen molar-refractivity contribution in [2.75, 3.05) is 11.9 Å². The Morgan fingerprint density at radius 2 is 1.46 bits per heavy atom. The lowest BCUT2D eigenvalue weighted by molar-refractivity contribution is -0.134. The molecular formula is C28H22N4O3. The number of carboxylic acids is 1. The molecular weight excluding hydrogens is 440 g/mol. The summed E-state index contributed by atoms with van der Waals surface area (Å²) in [4.78, 5) is 24.7. The molecule has 4 aromatic carbocycles. The minimum Gasteiger partial charge on any atom is -0.480 e. The van der Waals surface area contributed by atoms with Crippen molar-refractivity contribution in [3.63, 3.8) is 0 Å². The first kappa shape index (κ1) is 21.9. The summed E-state index contributed by atoms with van der Waals surface area (Å²) in [5.74, 6) is -0.407. The molecule has 7 nitrogen and oxygen atoms in total. The van der Waals surface area contributed by atoms with E-state index in [0.717, 1.165) is 22.4 Å². The van der Waals surface area contributed by atoms with Crippen LogP contribution in [0.5, 0.6) is 0 Å². The van der Waals surface area contributed by atoms with Crippen molar-refractivity contribution in [2.24, 2.45) is 0 Å². The normalized spacial score (nSPS) is 10.7. The highest BCUT2D eigenvalue weighted by molar-refractivity contribution is 5.77. The van der Waals surface area contributed by atoms with Gasteiger partial charge in [-0.2, -0.15) is 4.68 Å². The van der Waals surface area contributed by atoms with Crippen molar-refractivity contribution in [3.8, 4) is 33.9 Å². The summed E-state index contributed by atoms with van der Waals surface area (Å²) in [5.41, 5.74) is 4.18. The second kappa shape index (κ2) is 9.52. The van der Waals surface area contributed by atoms with Crippen LogP contribution < -0.4 is 11.0 Å². The first-order valence-corrected chi connectivity index (χ1v) is 11.1. The summed E-state index contributed by atoms with van der Waals surface area (Å²) in [6, 6.07) is 34.0. The number of hydrogen-bond acceptors (Lipinski definition) is 4. The summed E-state index contributed by atoms with van der Waals surface area (Å²) in [7, 11) is 0. The van der Waals surface area contributed by atoms with Crippen LogP contribution in [0.15, 0.2) is 114 Å². The molecule has 0 aliphatic carbocycles. The van der Waals surface area contributed by atoms with Gasteiger partial charge in [0.2, 0.25) is 0 Å². The molecule has 5 aromatic rings. The van der Waals surface area contributed by atoms with Gasteiger partial charge in [-0.25, -0.2) is 9.36 Å². The fourth-order valence-electron chi connectivity index (χ4n) is 3.99. The van der Waals surface area contributed by atoms with Crippen LogP contribution in [0.3, 0.4) is 0 Å². The zero-order valence-electron chi connectivity index (χ0n) is 18.7. The van der Waals surface area contributed by atoms with Crippen molar-refractivity contribution in [1.29, 1.82) is 0 Å². The van der Waals surface area contributed by atoms with E-state index in [1.54, 1.807) is 10.6 Å². The molecule has 5 rings (SSSR count). The highest BCUT2D eigenvalue weighted by atomic mass is 16.4. The molecule has 0 atom stereocenters. The number of rotatable bonds is 7. The number of hydrogen-bond donors (Lipinski definition) is 2. The van der Waals surface area contributed by atoms with Crippen LogP contribution in [0.2, 0.25) is 0 Å². The Morgan fingerprint density at radius 3 is 2.20 bits per heavy atom. The van der Waals surface area contributed by atoms with Gasteiger partial charge < -0.3 is 10.4 Å². The fraction of sp³-hybridized carbons (Fsp3) is 0.0357. The van der Waals surface area contributed by atoms with E-state index in [0.29, 0.717) is 17.2 Å². The Morgan fingerprint density at radius 1 is 0.800 bits per heavy atom. The molecule has 0 saturated carbocycles. The van der Waals surface area contributed by atoms with Crippen LogP contribution in [0.25, 0.3) is 33.9 Å². The van der Waals surface area contributed by atoms with Crippen molar-refractivity contribution < 1.29 is 9.90 Å². The maximum Gasteiger partial charge on any atom is 0.355 e. The molecule has 0 spiro atoms. The Hall–Kier alpha value is -4.91. The van der Waals surface area contributed by atoms with E-state index < -0.39 is 5.97 Å². The van der Waals surface area contributed by atoms with E-state index in [-0.39, 0.29) is 12.2 Å². The molecule has 172 valence electrons. The Balaban J connectivity index is 1.68. The SMILES string of the molecule is O=C(O)CNc1cccc(-c2ccccc2-n2nc(-c3ccccc3)n(-c3ccccc3)c2=O)c1. The van der Waals surface area contributed by atoms with Gasteiger partial charge in [0.25, 0.3) is 0 Å². The van der Waals surface area contributed by atoms with Gasteiger partial charge in [0.15, 0.2) is 5.82 Å². The number of aliphatic carboxylic acids is 1. The molecule has 0 amide bonds. The van der Waals surface area contributed by atoms with E-state index in [2.05, 4.69) is 5.32 Å². The Bertz CT molecular complexity index is 1540. The number of nitrogens with one attached hydrogen (secondary N) is 1. The summed E-state index contributed by atoms with van der Waals surface area (Å²) >= 11 is 0. The third-order valence-electron chi connectivity index (χ3n) is 5.57. The number of aromatic nitrogens is 3. The van der Waals surface area contributed by atoms with E-state index in [1.807, 2.05) is 103 Å². The summed E-state index contributed by atoms with van der Waals surface area (Å²) in [6.07, 6.45) is 0. The van der Waals surface area contributed by atoms with Crippen molar-refractivity contribution >= 4 is 11.7 Å². The Kier molecular flexibility index (Phi) is 5.96. The van der Waals surface area contributed by atoms with Crippen molar-refractivity contribution in [3.05, 3.63) is 120 Å². The van der Waals surface area contributed by atoms with Gasteiger partial charge in [-0.3, -0.25) is 4.79 Å². The molecule has 0 aliphatic heterocycles. The minimum absolute atomic E-state index is 0.188. The molecule has 0 radical (unpaired) electrons. The number of para-hydroxylation sites is 2. The largest absolute Gasteiger partial charge is 0.480 e. The van der Waals surface area contributed by atoms with E-state index >= 15 is 0 Å². The molecule has 7 heteroatoms. The monoisotopic (exact) mass is 462 g/mol. The van der Waals surface area contributed by atoms with Crippen LogP contribution in [-0.2, 0) is 4.79 Å². The molecule has 1 aromatic heterocycles. The van der Waals surface area contributed by atoms with E-state index in [9.17, 15) is 9.59 Å². The van der Waals surface area contributed by atoms with Gasteiger partial charge in [-0.15, -0.1) is 5.10 Å². The number of carbonyl (C=O) groups is 1. The molecule has 0 bridgehead atoms. The lowest BCUT2D eigenvalue weighted by Gasteiger charge is -2.11. The predicted molar refractivity (Wildman–Crippen MR) is 136 cm³/mol. The second-order valence-electron chi connectivity index (χ2n) is 7.90. The van der Waals surface area contributed by atoms with Crippen LogP contribution in [0.1, 0.15) is 0 Å². The maximum absolute atomic E-state index is 13.8. The minimum atomic E-state index is -0.942. The average Bonchev–Trinajstić information content (AvgIpc) is 3.25. The van der Waals surface area contributed by atoms with E-state index in [1.165, 1.54) is 4.68 Å². The first-order valence-electron chi connectivity index (χ1n) is 11.1. The smallest absolute Gasteiger partial charge is 0.355 e. The third-order valence-corrected chi connectivity index (χ3v) is 5.57. The zero-order chi connectivity index (χ0) is 24.2. The van der Waals surface area contributed by atoms with Crippen molar-refractivity contribution in [2.45, 2.75) is 0 Å². The maximum atomic E-state index is 13.8. The van der Waals surface area contributed by atoms with Gasteiger partial charge in [-0.05, 0) is 35.9 Å². The molecule has 35 heavy (non-hydrogen) atoms. The van der Waals surface area contributed by atoms with Crippen LogP contribution in [-0.4, -0.2) is 32.0 Å². The lowest BCUT2D eigenvalue weighted by Crippen LogP contribution is -2.23. The molecule has 0 fully saturated rings. The highest BCUT2D eigenvalue weighted by Crippen LogP contribution is 2.29. The topological polar surface area (TPSA) is 89.2 Å². The number of anilines is 1. The molecule has 1 heterocycles. The van der Waals surface area contributed by atoms with Crippen LogP contribution in [0, 0.1) is 0 Å². The predicted octanol–water partition coefficient (Wildman–Crippen LogP) is 4.85. The fourth-order valence-corrected chi connectivity index (χ4v) is 3.99. The summed E-state index contributed by atoms with van der Waals surface area (Å²) in [6.45, 7) is -0.188. The van der Waals surface area contributed by atoms with Gasteiger partial charge in [0, 0.05) is 16.8 Å². The third kappa shape index (κ3) is 4.47. The Labute approximate surface area is 201 Å². The number of nitrogens with zero attached hydrogens (tertiary/aromatic N) is 3. The van der Waals surface area contributed by atoms with Gasteiger partial charge >= 0.3 is 11.7 Å². The van der Waals surface area contributed by atoms with Crippen LogP contribution in [0.4, 0.5) is 5.69 Å².